The van der Waals surface area contributed by atoms with Crippen molar-refractivity contribution in [2.75, 3.05) is 6.61 Å². The zero-order valence-electron chi connectivity index (χ0n) is 19.0. The number of fused-ring (bicyclic) bond motifs is 1. The van der Waals surface area contributed by atoms with Crippen molar-refractivity contribution in [3.05, 3.63) is 66.2 Å². The van der Waals surface area contributed by atoms with Gasteiger partial charge in [-0.05, 0) is 64.3 Å². The van der Waals surface area contributed by atoms with E-state index in [0.29, 0.717) is 16.9 Å². The third kappa shape index (κ3) is 5.37. The molecule has 1 atom stereocenters. The van der Waals surface area contributed by atoms with Crippen LogP contribution in [0.3, 0.4) is 0 Å². The van der Waals surface area contributed by atoms with E-state index in [2.05, 4.69) is 19.2 Å². The second kappa shape index (κ2) is 9.43. The lowest BCUT2D eigenvalue weighted by Crippen LogP contribution is -2.50. The lowest BCUT2D eigenvalue weighted by molar-refractivity contribution is -0.162. The van der Waals surface area contributed by atoms with Crippen LogP contribution in [0.5, 0.6) is 5.75 Å². The molecular weight excluding hydrogens is 424 g/mol. The number of thiol groups is 1. The van der Waals surface area contributed by atoms with Gasteiger partial charge >= 0.3 is 5.97 Å². The van der Waals surface area contributed by atoms with Crippen molar-refractivity contribution in [2.45, 2.75) is 51.1 Å². The number of rotatable bonds is 9. The smallest absolute Gasteiger partial charge is 0.333 e. The fourth-order valence-corrected chi connectivity index (χ4v) is 3.25. The third-order valence-electron chi connectivity index (χ3n) is 5.48. The second-order valence-corrected chi connectivity index (χ2v) is 9.45. The summed E-state index contributed by atoms with van der Waals surface area (Å²) < 4.78 is 17.7. The van der Waals surface area contributed by atoms with Crippen LogP contribution in [0.25, 0.3) is 22.3 Å². The average molecular weight is 455 g/mol. The van der Waals surface area contributed by atoms with Crippen molar-refractivity contribution >= 4 is 29.6 Å². The Morgan fingerprint density at radius 2 is 1.81 bits per heavy atom. The van der Waals surface area contributed by atoms with Crippen molar-refractivity contribution < 1.29 is 23.8 Å². The topological polar surface area (TPSA) is 68.9 Å². The number of aliphatic hydroxyl groups is 1. The molecule has 1 aromatic heterocycles. The van der Waals surface area contributed by atoms with E-state index in [1.54, 1.807) is 33.8 Å². The highest BCUT2D eigenvalue weighted by atomic mass is 32.1. The first-order valence-electron chi connectivity index (χ1n) is 10.6. The molecule has 1 heterocycles. The van der Waals surface area contributed by atoms with Crippen molar-refractivity contribution in [3.8, 4) is 17.1 Å². The van der Waals surface area contributed by atoms with E-state index in [4.69, 9.17) is 19.0 Å². The molecule has 6 heteroatoms. The first-order chi connectivity index (χ1) is 15.0. The van der Waals surface area contributed by atoms with Crippen molar-refractivity contribution in [2.24, 2.45) is 0 Å². The maximum atomic E-state index is 12.0. The minimum Gasteiger partial charge on any atom is -0.473 e. The van der Waals surface area contributed by atoms with Gasteiger partial charge < -0.3 is 19.0 Å². The standard InChI is InChI=1S/C26H30O5S/c1-17(2)24(28)31-25(3,4)26(5,32)30-21-13-12-20-15-22(29-23(20)16-21)19-10-8-18(9-11-19)7-6-14-27/h8-13,15-16,27,32H,1,6-7,14H2,2-5H3. The Bertz CT molecular complexity index is 1110. The predicted octanol–water partition coefficient (Wildman–Crippen LogP) is 5.95. The molecule has 0 spiro atoms. The Morgan fingerprint density at radius 3 is 2.44 bits per heavy atom. The number of hydrogen-bond acceptors (Lipinski definition) is 6. The zero-order chi connectivity index (χ0) is 23.5. The van der Waals surface area contributed by atoms with Crippen LogP contribution in [0.1, 0.15) is 39.7 Å². The molecule has 5 nitrogen and oxygen atoms in total. The number of aryl methyl sites for hydroxylation is 1. The molecule has 3 rings (SSSR count). The lowest BCUT2D eigenvalue weighted by Gasteiger charge is -2.39. The molecule has 170 valence electrons. The number of benzene rings is 2. The fourth-order valence-electron chi connectivity index (χ4n) is 3.10. The monoisotopic (exact) mass is 454 g/mol. The fraction of sp³-hybridized carbons (Fsp3) is 0.346. The molecule has 0 aliphatic heterocycles. The van der Waals surface area contributed by atoms with Gasteiger partial charge in [0.25, 0.3) is 0 Å². The van der Waals surface area contributed by atoms with Crippen molar-refractivity contribution in [1.29, 1.82) is 0 Å². The lowest BCUT2D eigenvalue weighted by atomic mass is 10.0. The van der Waals surface area contributed by atoms with E-state index in [-0.39, 0.29) is 6.61 Å². The Kier molecular flexibility index (Phi) is 7.06. The molecular formula is C26H30O5S. The molecule has 3 aromatic rings. The van der Waals surface area contributed by atoms with Crippen LogP contribution in [0.2, 0.25) is 0 Å². The molecule has 1 N–H and O–H groups in total. The molecule has 1 unspecified atom stereocenters. The van der Waals surface area contributed by atoms with Crippen LogP contribution < -0.4 is 4.74 Å². The van der Waals surface area contributed by atoms with Gasteiger partial charge in [0.2, 0.25) is 0 Å². The number of esters is 1. The van der Waals surface area contributed by atoms with Crippen LogP contribution >= 0.6 is 12.6 Å². The maximum absolute atomic E-state index is 12.0. The second-order valence-electron chi connectivity index (χ2n) is 8.60. The van der Waals surface area contributed by atoms with Crippen LogP contribution in [-0.2, 0) is 16.0 Å². The quantitative estimate of drug-likeness (QED) is 0.181. The van der Waals surface area contributed by atoms with E-state index in [1.807, 2.05) is 42.5 Å². The van der Waals surface area contributed by atoms with E-state index in [0.717, 1.165) is 29.6 Å². The summed E-state index contributed by atoms with van der Waals surface area (Å²) in [6.45, 7) is 10.6. The highest BCUT2D eigenvalue weighted by Gasteiger charge is 2.44. The van der Waals surface area contributed by atoms with Gasteiger partial charge in [0.15, 0.2) is 10.5 Å². The SMILES string of the molecule is C=C(C)C(=O)OC(C)(C)C(C)(S)Oc1ccc2cc(-c3ccc(CCCO)cc3)oc2c1. The minimum atomic E-state index is -1.11. The van der Waals surface area contributed by atoms with Gasteiger partial charge in [-0.15, -0.1) is 12.6 Å². The molecule has 0 aliphatic carbocycles. The van der Waals surface area contributed by atoms with Gasteiger partial charge in [-0.3, -0.25) is 0 Å². The molecule has 0 fully saturated rings. The predicted molar refractivity (Wildman–Crippen MR) is 130 cm³/mol. The highest BCUT2D eigenvalue weighted by molar-refractivity contribution is 7.81. The molecule has 32 heavy (non-hydrogen) atoms. The maximum Gasteiger partial charge on any atom is 0.333 e. The molecule has 0 amide bonds. The van der Waals surface area contributed by atoms with Gasteiger partial charge in [0, 0.05) is 29.2 Å². The number of ether oxygens (including phenoxy) is 2. The van der Waals surface area contributed by atoms with E-state index in [9.17, 15) is 4.79 Å². The first kappa shape index (κ1) is 24.0. The van der Waals surface area contributed by atoms with Gasteiger partial charge in [0.1, 0.15) is 17.1 Å². The zero-order valence-corrected chi connectivity index (χ0v) is 19.9. The average Bonchev–Trinajstić information content (AvgIpc) is 3.15. The summed E-state index contributed by atoms with van der Waals surface area (Å²) in [5.41, 5.74) is 2.13. The molecule has 0 aliphatic rings. The van der Waals surface area contributed by atoms with Gasteiger partial charge in [-0.2, -0.15) is 0 Å². The summed E-state index contributed by atoms with van der Waals surface area (Å²) in [7, 11) is 0. The Labute approximate surface area is 194 Å². The molecule has 0 radical (unpaired) electrons. The van der Waals surface area contributed by atoms with Crippen LogP contribution in [0.4, 0.5) is 0 Å². The number of carbonyl (C=O) groups excluding carboxylic acids is 1. The summed E-state index contributed by atoms with van der Waals surface area (Å²) in [5, 5.41) is 9.93. The number of carbonyl (C=O) groups is 1. The molecule has 0 saturated carbocycles. The number of aliphatic hydroxyl groups excluding tert-OH is 1. The summed E-state index contributed by atoms with van der Waals surface area (Å²) >= 11 is 4.64. The Morgan fingerprint density at radius 1 is 1.12 bits per heavy atom. The number of furan rings is 1. The van der Waals surface area contributed by atoms with Crippen LogP contribution in [0.15, 0.2) is 65.1 Å². The Hall–Kier alpha value is -2.70. The van der Waals surface area contributed by atoms with Crippen LogP contribution in [0, 0.1) is 0 Å². The van der Waals surface area contributed by atoms with Crippen LogP contribution in [-0.4, -0.2) is 28.2 Å². The molecule has 0 bridgehead atoms. The summed E-state index contributed by atoms with van der Waals surface area (Å²) in [5.74, 6) is 0.817. The van der Waals surface area contributed by atoms with E-state index < -0.39 is 16.5 Å². The van der Waals surface area contributed by atoms with Gasteiger partial charge in [0.05, 0.1) is 0 Å². The Balaban J connectivity index is 1.80. The highest BCUT2D eigenvalue weighted by Crippen LogP contribution is 2.37. The third-order valence-corrected chi connectivity index (χ3v) is 6.11. The van der Waals surface area contributed by atoms with Gasteiger partial charge in [-0.25, -0.2) is 4.79 Å². The largest absolute Gasteiger partial charge is 0.473 e. The minimum absolute atomic E-state index is 0.189. The van der Waals surface area contributed by atoms with Gasteiger partial charge in [-0.1, -0.05) is 30.8 Å². The summed E-state index contributed by atoms with van der Waals surface area (Å²) in [6.07, 6.45) is 1.60. The molecule has 0 saturated heterocycles. The van der Waals surface area contributed by atoms with E-state index in [1.165, 1.54) is 5.56 Å². The normalized spacial score (nSPS) is 13.6. The summed E-state index contributed by atoms with van der Waals surface area (Å²) in [6, 6.07) is 15.7. The summed E-state index contributed by atoms with van der Waals surface area (Å²) in [4.78, 5) is 10.9. The molecule has 2 aromatic carbocycles. The van der Waals surface area contributed by atoms with E-state index >= 15 is 0 Å². The number of hydrogen-bond donors (Lipinski definition) is 2. The van der Waals surface area contributed by atoms with Crippen molar-refractivity contribution in [3.63, 3.8) is 0 Å². The van der Waals surface area contributed by atoms with Crippen molar-refractivity contribution in [1.82, 2.24) is 0 Å². The first-order valence-corrected chi connectivity index (χ1v) is 11.0.